The molecule has 78 valence electrons. The molecule has 0 heterocycles. The van der Waals surface area contributed by atoms with Crippen molar-refractivity contribution in [2.75, 3.05) is 14.2 Å². The quantitative estimate of drug-likeness (QED) is 0.841. The van der Waals surface area contributed by atoms with Gasteiger partial charge in [-0.1, -0.05) is 0 Å². The van der Waals surface area contributed by atoms with Gasteiger partial charge in [-0.25, -0.2) is 5.90 Å². The summed E-state index contributed by atoms with van der Waals surface area (Å²) >= 11 is 3.37. The van der Waals surface area contributed by atoms with Crippen LogP contribution < -0.4 is 15.4 Å². The van der Waals surface area contributed by atoms with E-state index in [-0.39, 0.29) is 0 Å². The Hall–Kier alpha value is -0.780. The maximum Gasteiger partial charge on any atom is 0.174 e. The summed E-state index contributed by atoms with van der Waals surface area (Å²) < 4.78 is 11.1. The number of halogens is 1. The lowest BCUT2D eigenvalue weighted by Gasteiger charge is -2.11. The van der Waals surface area contributed by atoms with Gasteiger partial charge in [0.1, 0.15) is 0 Å². The summed E-state index contributed by atoms with van der Waals surface area (Å²) in [7, 11) is 3.17. The smallest absolute Gasteiger partial charge is 0.174 e. The Morgan fingerprint density at radius 3 is 2.50 bits per heavy atom. The molecule has 0 saturated heterocycles. The second kappa shape index (κ2) is 5.19. The third-order valence-electron chi connectivity index (χ3n) is 1.74. The number of benzene rings is 1. The maximum atomic E-state index is 5.16. The van der Waals surface area contributed by atoms with E-state index in [2.05, 4.69) is 20.8 Å². The number of hydrogen-bond acceptors (Lipinski definition) is 4. The molecule has 0 saturated carbocycles. The lowest BCUT2D eigenvalue weighted by atomic mass is 10.2. The van der Waals surface area contributed by atoms with Crippen LogP contribution in [0.15, 0.2) is 16.6 Å². The van der Waals surface area contributed by atoms with E-state index in [4.69, 9.17) is 15.4 Å². The van der Waals surface area contributed by atoms with Crippen molar-refractivity contribution in [3.8, 4) is 11.5 Å². The van der Waals surface area contributed by atoms with Crippen molar-refractivity contribution in [1.82, 2.24) is 0 Å². The predicted molar refractivity (Wildman–Crippen MR) is 56.2 cm³/mol. The van der Waals surface area contributed by atoms with E-state index >= 15 is 0 Å². The van der Waals surface area contributed by atoms with Crippen molar-refractivity contribution in [2.24, 2.45) is 5.90 Å². The summed E-state index contributed by atoms with van der Waals surface area (Å²) in [5.41, 5.74) is 0.914. The fourth-order valence-electron chi connectivity index (χ4n) is 1.15. The van der Waals surface area contributed by atoms with E-state index in [9.17, 15) is 0 Å². The van der Waals surface area contributed by atoms with Gasteiger partial charge in [-0.15, -0.1) is 0 Å². The van der Waals surface area contributed by atoms with E-state index in [0.717, 1.165) is 10.0 Å². The first kappa shape index (κ1) is 11.3. The molecular formula is C9H12BrNO3. The summed E-state index contributed by atoms with van der Waals surface area (Å²) in [6, 6.07) is 3.69. The topological polar surface area (TPSA) is 53.7 Å². The predicted octanol–water partition coefficient (Wildman–Crippen LogP) is 1.86. The second-order valence-electron chi connectivity index (χ2n) is 2.62. The van der Waals surface area contributed by atoms with Crippen molar-refractivity contribution in [3.63, 3.8) is 0 Å². The van der Waals surface area contributed by atoms with Crippen molar-refractivity contribution < 1.29 is 14.3 Å². The second-order valence-corrected chi connectivity index (χ2v) is 3.48. The minimum Gasteiger partial charge on any atom is -0.493 e. The molecule has 0 radical (unpaired) electrons. The SMILES string of the molecule is COc1cc(CON)cc(Br)c1OC. The minimum atomic E-state index is 0.332. The van der Waals surface area contributed by atoms with E-state index in [0.29, 0.717) is 18.1 Å². The monoisotopic (exact) mass is 261 g/mol. The summed E-state index contributed by atoms with van der Waals surface area (Å²) in [5.74, 6) is 6.29. The number of ether oxygens (including phenoxy) is 2. The molecule has 0 unspecified atom stereocenters. The lowest BCUT2D eigenvalue weighted by molar-refractivity contribution is 0.124. The first-order chi connectivity index (χ1) is 6.72. The number of rotatable bonds is 4. The Kier molecular flexibility index (Phi) is 4.19. The molecule has 0 aliphatic carbocycles. The fraction of sp³-hybridized carbons (Fsp3) is 0.333. The molecule has 0 bridgehead atoms. The van der Waals surface area contributed by atoms with E-state index in [1.807, 2.05) is 12.1 Å². The third-order valence-corrected chi connectivity index (χ3v) is 2.33. The Labute approximate surface area is 91.0 Å². The molecule has 0 fully saturated rings. The van der Waals surface area contributed by atoms with Crippen LogP contribution in [0.1, 0.15) is 5.56 Å². The first-order valence-corrected chi connectivity index (χ1v) is 4.74. The zero-order valence-corrected chi connectivity index (χ0v) is 9.63. The van der Waals surface area contributed by atoms with Gasteiger partial charge in [0.05, 0.1) is 25.3 Å². The average molecular weight is 262 g/mol. The van der Waals surface area contributed by atoms with Crippen LogP contribution in [0.2, 0.25) is 0 Å². The van der Waals surface area contributed by atoms with Crippen LogP contribution in [0.5, 0.6) is 11.5 Å². The van der Waals surface area contributed by atoms with E-state index < -0.39 is 0 Å². The zero-order chi connectivity index (χ0) is 10.6. The summed E-state index contributed by atoms with van der Waals surface area (Å²) in [4.78, 5) is 4.54. The van der Waals surface area contributed by atoms with Gasteiger partial charge in [0.2, 0.25) is 0 Å². The summed E-state index contributed by atoms with van der Waals surface area (Å²) in [5, 5.41) is 0. The van der Waals surface area contributed by atoms with Crippen LogP contribution in [0.3, 0.4) is 0 Å². The number of methoxy groups -OCH3 is 2. The van der Waals surface area contributed by atoms with Crippen molar-refractivity contribution in [1.29, 1.82) is 0 Å². The Morgan fingerprint density at radius 1 is 1.29 bits per heavy atom. The number of hydrogen-bond donors (Lipinski definition) is 1. The highest BCUT2D eigenvalue weighted by Crippen LogP contribution is 2.36. The molecule has 1 aromatic rings. The van der Waals surface area contributed by atoms with Gasteiger partial charge in [0, 0.05) is 0 Å². The lowest BCUT2D eigenvalue weighted by Crippen LogP contribution is -2.00. The molecule has 0 aliphatic rings. The van der Waals surface area contributed by atoms with Gasteiger partial charge >= 0.3 is 0 Å². The minimum absolute atomic E-state index is 0.332. The fourth-order valence-corrected chi connectivity index (χ4v) is 1.80. The summed E-state index contributed by atoms with van der Waals surface area (Å²) in [6.45, 7) is 0.332. The van der Waals surface area contributed by atoms with Crippen molar-refractivity contribution in [3.05, 3.63) is 22.2 Å². The molecule has 0 atom stereocenters. The molecule has 14 heavy (non-hydrogen) atoms. The molecule has 1 aromatic carbocycles. The molecule has 1 rings (SSSR count). The van der Waals surface area contributed by atoms with Crippen LogP contribution in [-0.4, -0.2) is 14.2 Å². The highest BCUT2D eigenvalue weighted by Gasteiger charge is 2.09. The Balaban J connectivity index is 3.10. The van der Waals surface area contributed by atoms with Gasteiger partial charge in [-0.3, -0.25) is 4.84 Å². The molecule has 0 aromatic heterocycles. The van der Waals surface area contributed by atoms with E-state index in [1.54, 1.807) is 14.2 Å². The Bertz CT molecular complexity index is 317. The van der Waals surface area contributed by atoms with Gasteiger partial charge in [-0.2, -0.15) is 0 Å². The first-order valence-electron chi connectivity index (χ1n) is 3.95. The molecule has 0 amide bonds. The molecular weight excluding hydrogens is 250 g/mol. The van der Waals surface area contributed by atoms with Gasteiger partial charge in [-0.05, 0) is 33.6 Å². The van der Waals surface area contributed by atoms with Crippen LogP contribution in [-0.2, 0) is 11.4 Å². The van der Waals surface area contributed by atoms with Crippen LogP contribution in [0, 0.1) is 0 Å². The largest absolute Gasteiger partial charge is 0.493 e. The molecule has 4 nitrogen and oxygen atoms in total. The van der Waals surface area contributed by atoms with Gasteiger partial charge in [0.25, 0.3) is 0 Å². The third kappa shape index (κ3) is 2.37. The maximum absolute atomic E-state index is 5.16. The van der Waals surface area contributed by atoms with Crippen LogP contribution in [0.25, 0.3) is 0 Å². The van der Waals surface area contributed by atoms with Crippen LogP contribution >= 0.6 is 15.9 Å². The highest BCUT2D eigenvalue weighted by atomic mass is 79.9. The van der Waals surface area contributed by atoms with Crippen LogP contribution in [0.4, 0.5) is 0 Å². The molecule has 5 heteroatoms. The van der Waals surface area contributed by atoms with Crippen molar-refractivity contribution in [2.45, 2.75) is 6.61 Å². The molecule has 0 aliphatic heterocycles. The van der Waals surface area contributed by atoms with Gasteiger partial charge in [0.15, 0.2) is 11.5 Å². The number of nitrogens with two attached hydrogens (primary N) is 1. The van der Waals surface area contributed by atoms with Gasteiger partial charge < -0.3 is 9.47 Å². The normalized spacial score (nSPS) is 10.0. The Morgan fingerprint density at radius 2 is 2.00 bits per heavy atom. The molecule has 2 N–H and O–H groups in total. The standard InChI is InChI=1S/C9H12BrNO3/c1-12-8-4-6(5-14-11)3-7(10)9(8)13-2/h3-4H,5,11H2,1-2H3. The van der Waals surface area contributed by atoms with E-state index in [1.165, 1.54) is 0 Å². The average Bonchev–Trinajstić information content (AvgIpc) is 2.17. The van der Waals surface area contributed by atoms with Crippen molar-refractivity contribution >= 4 is 15.9 Å². The molecule has 0 spiro atoms. The zero-order valence-electron chi connectivity index (χ0n) is 8.04. The highest BCUT2D eigenvalue weighted by molar-refractivity contribution is 9.10. The summed E-state index contributed by atoms with van der Waals surface area (Å²) in [6.07, 6.45) is 0.